The molecule has 7 rings (SSSR count). The van der Waals surface area contributed by atoms with Crippen molar-refractivity contribution >= 4 is 18.9 Å². The van der Waals surface area contributed by atoms with Crippen LogP contribution in [0.2, 0.25) is 0 Å². The molecular formula is C36H49BF2N4O4. The zero-order valence-corrected chi connectivity index (χ0v) is 28.4. The fraction of sp³-hybridized carbons (Fsp3) is 0.694. The van der Waals surface area contributed by atoms with Crippen molar-refractivity contribution in [3.05, 3.63) is 59.1 Å². The van der Waals surface area contributed by atoms with Gasteiger partial charge in [0.25, 0.3) is 11.8 Å². The van der Waals surface area contributed by atoms with Crippen LogP contribution >= 0.6 is 0 Å². The first-order chi connectivity index (χ1) is 22.1. The van der Waals surface area contributed by atoms with E-state index in [0.717, 1.165) is 31.2 Å². The molecule has 0 radical (unpaired) electrons. The summed E-state index contributed by atoms with van der Waals surface area (Å²) in [5, 5.41) is 3.26. The maximum Gasteiger partial charge on any atom is 0.482 e. The van der Waals surface area contributed by atoms with Gasteiger partial charge in [0.2, 0.25) is 11.6 Å². The van der Waals surface area contributed by atoms with Crippen LogP contribution < -0.4 is 5.32 Å². The fourth-order valence-electron chi connectivity index (χ4n) is 9.06. The van der Waals surface area contributed by atoms with Crippen LogP contribution in [0.5, 0.6) is 0 Å². The third-order valence-corrected chi connectivity index (χ3v) is 12.0. The zero-order chi connectivity index (χ0) is 33.8. The monoisotopic (exact) mass is 650 g/mol. The van der Waals surface area contributed by atoms with Crippen LogP contribution in [0.15, 0.2) is 42.1 Å². The second-order valence-electron chi connectivity index (χ2n) is 16.0. The lowest BCUT2D eigenvalue weighted by atomic mass is 9.43. The number of rotatable bonds is 9. The molecule has 2 bridgehead atoms. The van der Waals surface area contributed by atoms with E-state index in [1.54, 1.807) is 23.6 Å². The second kappa shape index (κ2) is 12.6. The number of alkyl halides is 2. The van der Waals surface area contributed by atoms with Gasteiger partial charge in [0, 0.05) is 38.0 Å². The Hall–Kier alpha value is -2.81. The summed E-state index contributed by atoms with van der Waals surface area (Å²) in [6, 6.07) is 10.0. The normalized spacial score (nSPS) is 32.3. The van der Waals surface area contributed by atoms with Gasteiger partial charge in [-0.1, -0.05) is 50.3 Å². The Kier molecular flexibility index (Phi) is 9.12. The summed E-state index contributed by atoms with van der Waals surface area (Å²) < 4.78 is 41.2. The molecule has 6 aliphatic rings. The molecule has 3 heterocycles. The van der Waals surface area contributed by atoms with Crippen molar-refractivity contribution < 1.29 is 27.7 Å². The summed E-state index contributed by atoms with van der Waals surface area (Å²) in [4.78, 5) is 33.9. The molecule has 2 amide bonds. The first-order valence-corrected chi connectivity index (χ1v) is 17.3. The van der Waals surface area contributed by atoms with Gasteiger partial charge in [-0.25, -0.2) is 13.6 Å². The SMILES string of the molecule is [C-]#[N+]C(=CC(C)(C)N1CCC(F)(F)C1)C(=O)N1CCC[C@@H](CC(=O)N[C@@H](Cc2ccccc2)B2O[C@@H]3C[C@@H]4C[C@@H](C4(C)C)[C@]3(C)O2)C1. The van der Waals surface area contributed by atoms with Crippen LogP contribution in [-0.2, 0) is 25.3 Å². The molecule has 1 N–H and O–H groups in total. The summed E-state index contributed by atoms with van der Waals surface area (Å²) in [5.41, 5.74) is -0.0150. The van der Waals surface area contributed by atoms with E-state index in [-0.39, 0.29) is 60.0 Å². The number of hydrogen-bond donors (Lipinski definition) is 1. The highest BCUT2D eigenvalue weighted by molar-refractivity contribution is 6.48. The lowest BCUT2D eigenvalue weighted by molar-refractivity contribution is -0.199. The molecule has 6 fully saturated rings. The van der Waals surface area contributed by atoms with E-state index >= 15 is 0 Å². The zero-order valence-electron chi connectivity index (χ0n) is 28.4. The van der Waals surface area contributed by atoms with Gasteiger partial charge in [-0.15, -0.1) is 0 Å². The molecule has 6 atom stereocenters. The number of likely N-dealkylation sites (tertiary alicyclic amines) is 2. The van der Waals surface area contributed by atoms with Gasteiger partial charge in [-0.05, 0) is 81.6 Å². The van der Waals surface area contributed by atoms with Gasteiger partial charge in [-0.3, -0.25) is 14.5 Å². The van der Waals surface area contributed by atoms with Crippen molar-refractivity contribution in [2.75, 3.05) is 26.2 Å². The van der Waals surface area contributed by atoms with E-state index < -0.39 is 31.0 Å². The molecule has 47 heavy (non-hydrogen) atoms. The Morgan fingerprint density at radius 2 is 1.94 bits per heavy atom. The van der Waals surface area contributed by atoms with Crippen molar-refractivity contribution in [1.82, 2.24) is 15.1 Å². The minimum Gasteiger partial charge on any atom is -0.404 e. The Morgan fingerprint density at radius 3 is 2.60 bits per heavy atom. The summed E-state index contributed by atoms with van der Waals surface area (Å²) >= 11 is 0. The van der Waals surface area contributed by atoms with Crippen molar-refractivity contribution in [1.29, 1.82) is 0 Å². The Bertz CT molecular complexity index is 1430. The van der Waals surface area contributed by atoms with E-state index in [0.29, 0.717) is 31.3 Å². The van der Waals surface area contributed by atoms with Gasteiger partial charge in [0.1, 0.15) is 0 Å². The van der Waals surface area contributed by atoms with E-state index in [4.69, 9.17) is 15.9 Å². The second-order valence-corrected chi connectivity index (χ2v) is 16.0. The average Bonchev–Trinajstić information content (AvgIpc) is 3.58. The van der Waals surface area contributed by atoms with E-state index in [9.17, 15) is 18.4 Å². The van der Waals surface area contributed by atoms with E-state index in [1.165, 1.54) is 6.08 Å². The minimum atomic E-state index is -2.77. The van der Waals surface area contributed by atoms with Crippen molar-refractivity contribution in [2.45, 2.75) is 109 Å². The van der Waals surface area contributed by atoms with Gasteiger partial charge in [0.15, 0.2) is 0 Å². The highest BCUT2D eigenvalue weighted by atomic mass is 19.3. The van der Waals surface area contributed by atoms with Crippen molar-refractivity contribution in [3.8, 4) is 0 Å². The van der Waals surface area contributed by atoms with E-state index in [1.807, 2.05) is 30.3 Å². The quantitative estimate of drug-likeness (QED) is 0.216. The summed E-state index contributed by atoms with van der Waals surface area (Å²) in [6.07, 6.45) is 5.75. The number of nitrogens with zero attached hydrogens (tertiary/aromatic N) is 3. The fourth-order valence-corrected chi connectivity index (χ4v) is 9.06. The van der Waals surface area contributed by atoms with Crippen LogP contribution in [0.3, 0.4) is 0 Å². The predicted molar refractivity (Wildman–Crippen MR) is 176 cm³/mol. The number of nitrogens with one attached hydrogen (secondary N) is 1. The third kappa shape index (κ3) is 6.75. The highest BCUT2D eigenvalue weighted by Crippen LogP contribution is 2.65. The molecule has 11 heteroatoms. The molecular weight excluding hydrogens is 601 g/mol. The number of amides is 2. The average molecular weight is 651 g/mol. The van der Waals surface area contributed by atoms with Gasteiger partial charge in [0.05, 0.1) is 30.8 Å². The van der Waals surface area contributed by atoms with Crippen LogP contribution in [0.1, 0.15) is 78.7 Å². The lowest BCUT2D eigenvalue weighted by Crippen LogP contribution is -2.65. The molecule has 0 aromatic heterocycles. The molecule has 1 aromatic rings. The standard InChI is InChI=1S/C36H49BF2N4O4/c1-33(2,43-16-14-36(38,39)23-43)21-27(40-6)32(45)42-15-10-13-25(22-42)18-31(44)41-30(17-24-11-8-7-9-12-24)37-46-29-20-26-19-28(34(26,3)4)35(29,5)47-37/h7-9,11-12,21,25-26,28-30H,10,13-20,22-23H2,1-5H3,(H,41,44)/t25-,26-,28-,29+,30-,35-/m0/s1. The molecule has 1 aromatic carbocycles. The van der Waals surface area contributed by atoms with Crippen LogP contribution in [0, 0.1) is 29.7 Å². The molecule has 8 nitrogen and oxygen atoms in total. The summed E-state index contributed by atoms with van der Waals surface area (Å²) in [7, 11) is -0.556. The van der Waals surface area contributed by atoms with Gasteiger partial charge < -0.3 is 19.5 Å². The van der Waals surface area contributed by atoms with Gasteiger partial charge >= 0.3 is 7.12 Å². The molecule has 0 spiro atoms. The predicted octanol–water partition coefficient (Wildman–Crippen LogP) is 5.53. The molecule has 3 saturated carbocycles. The molecule has 0 unspecified atom stereocenters. The largest absolute Gasteiger partial charge is 0.482 e. The summed E-state index contributed by atoms with van der Waals surface area (Å²) in [6.45, 7) is 18.8. The van der Waals surface area contributed by atoms with Crippen molar-refractivity contribution in [2.24, 2.45) is 23.2 Å². The number of carbonyl (C=O) groups is 2. The van der Waals surface area contributed by atoms with Crippen LogP contribution in [-0.4, -0.2) is 84.0 Å². The first kappa shape index (κ1) is 34.1. The Labute approximate surface area is 278 Å². The maximum atomic E-state index is 13.9. The highest BCUT2D eigenvalue weighted by Gasteiger charge is 2.68. The number of benzene rings is 1. The lowest BCUT2D eigenvalue weighted by Gasteiger charge is -2.64. The third-order valence-electron chi connectivity index (χ3n) is 12.0. The topological polar surface area (TPSA) is 75.5 Å². The van der Waals surface area contributed by atoms with E-state index in [2.05, 4.69) is 30.9 Å². The summed E-state index contributed by atoms with van der Waals surface area (Å²) in [5.74, 6) is -2.68. The van der Waals surface area contributed by atoms with Crippen LogP contribution in [0.25, 0.3) is 4.85 Å². The van der Waals surface area contributed by atoms with Crippen LogP contribution in [0.4, 0.5) is 8.78 Å². The smallest absolute Gasteiger partial charge is 0.404 e. The van der Waals surface area contributed by atoms with Crippen molar-refractivity contribution in [3.63, 3.8) is 0 Å². The number of piperidine rings is 1. The maximum absolute atomic E-state index is 13.9. The Balaban J connectivity index is 1.10. The number of carbonyl (C=O) groups excluding carboxylic acids is 2. The molecule has 3 aliphatic heterocycles. The first-order valence-electron chi connectivity index (χ1n) is 17.3. The molecule has 3 aliphatic carbocycles. The minimum absolute atomic E-state index is 0.00833. The number of halogens is 2. The molecule has 3 saturated heterocycles. The Morgan fingerprint density at radius 1 is 1.19 bits per heavy atom. The molecule has 254 valence electrons. The van der Waals surface area contributed by atoms with Gasteiger partial charge in [-0.2, -0.15) is 0 Å². The number of hydrogen-bond acceptors (Lipinski definition) is 5.